The molecule has 1 aliphatic carbocycles. The fourth-order valence-corrected chi connectivity index (χ4v) is 2.92. The molecule has 1 saturated carbocycles. The van der Waals surface area contributed by atoms with E-state index in [1.165, 1.54) is 17.8 Å². The molecule has 2 aromatic rings. The molecule has 2 N–H and O–H groups in total. The number of aromatic nitrogens is 4. The van der Waals surface area contributed by atoms with Crippen LogP contribution < -0.4 is 5.73 Å². The Balaban J connectivity index is 1.91. The normalized spacial score (nSPS) is 14.8. The summed E-state index contributed by atoms with van der Waals surface area (Å²) in [7, 11) is 0. The van der Waals surface area contributed by atoms with E-state index in [9.17, 15) is 4.39 Å². The lowest BCUT2D eigenvalue weighted by atomic mass is 10.1. The number of rotatable bonds is 5. The Labute approximate surface area is 114 Å². The molecule has 100 valence electrons. The van der Waals surface area contributed by atoms with Crippen LogP contribution in [0.3, 0.4) is 0 Å². The molecule has 19 heavy (non-hydrogen) atoms. The number of halogens is 1. The van der Waals surface area contributed by atoms with Gasteiger partial charge in [0.05, 0.1) is 10.9 Å². The molecular weight excluding hydrogens is 265 g/mol. The van der Waals surface area contributed by atoms with Crippen LogP contribution in [0.1, 0.15) is 24.4 Å². The minimum atomic E-state index is -0.249. The number of benzene rings is 1. The summed E-state index contributed by atoms with van der Waals surface area (Å²) >= 11 is 1.28. The molecule has 7 heteroatoms. The largest absolute Gasteiger partial charge is 0.330 e. The molecule has 0 aliphatic heterocycles. The zero-order valence-electron chi connectivity index (χ0n) is 10.3. The van der Waals surface area contributed by atoms with Gasteiger partial charge in [-0.3, -0.25) is 0 Å². The van der Waals surface area contributed by atoms with Gasteiger partial charge in [-0.15, -0.1) is 5.10 Å². The molecule has 1 aromatic carbocycles. The third-order valence-corrected chi connectivity index (χ3v) is 4.12. The van der Waals surface area contributed by atoms with Crippen molar-refractivity contribution in [2.75, 3.05) is 6.54 Å². The van der Waals surface area contributed by atoms with Crippen molar-refractivity contribution in [1.82, 2.24) is 20.2 Å². The highest BCUT2D eigenvalue weighted by atomic mass is 32.2. The molecule has 1 aromatic heterocycles. The van der Waals surface area contributed by atoms with E-state index >= 15 is 0 Å². The third kappa shape index (κ3) is 2.62. The van der Waals surface area contributed by atoms with Crippen molar-refractivity contribution < 1.29 is 4.39 Å². The molecule has 5 nitrogen and oxygen atoms in total. The van der Waals surface area contributed by atoms with Crippen molar-refractivity contribution in [3.05, 3.63) is 29.6 Å². The van der Waals surface area contributed by atoms with Crippen molar-refractivity contribution in [2.24, 2.45) is 5.73 Å². The topological polar surface area (TPSA) is 69.6 Å². The summed E-state index contributed by atoms with van der Waals surface area (Å²) in [6.07, 6.45) is 2.82. The van der Waals surface area contributed by atoms with E-state index in [4.69, 9.17) is 5.73 Å². The first-order valence-corrected chi connectivity index (χ1v) is 7.04. The molecule has 0 bridgehead atoms. The van der Waals surface area contributed by atoms with Crippen LogP contribution in [0.15, 0.2) is 28.3 Å². The van der Waals surface area contributed by atoms with Crippen LogP contribution in [0.5, 0.6) is 0 Å². The highest BCUT2D eigenvalue weighted by Gasteiger charge is 2.28. The summed E-state index contributed by atoms with van der Waals surface area (Å²) in [6, 6.07) is 5.42. The number of nitrogens with two attached hydrogens (primary N) is 1. The zero-order chi connectivity index (χ0) is 13.2. The molecule has 0 spiro atoms. The number of nitrogens with zero attached hydrogens (tertiary/aromatic N) is 4. The van der Waals surface area contributed by atoms with Crippen LogP contribution in [0, 0.1) is 5.82 Å². The molecule has 0 radical (unpaired) electrons. The maximum Gasteiger partial charge on any atom is 0.214 e. The predicted octanol–water partition coefficient (Wildman–Crippen LogP) is 1.80. The highest BCUT2D eigenvalue weighted by molar-refractivity contribution is 7.99. The van der Waals surface area contributed by atoms with E-state index in [0.29, 0.717) is 29.1 Å². The van der Waals surface area contributed by atoms with Crippen molar-refractivity contribution in [3.63, 3.8) is 0 Å². The van der Waals surface area contributed by atoms with Crippen LogP contribution in [-0.2, 0) is 6.42 Å². The van der Waals surface area contributed by atoms with Crippen LogP contribution in [0.25, 0.3) is 0 Å². The maximum absolute atomic E-state index is 14.0. The van der Waals surface area contributed by atoms with Crippen molar-refractivity contribution in [1.29, 1.82) is 0 Å². The fraction of sp³-hybridized carbons (Fsp3) is 0.417. The van der Waals surface area contributed by atoms with Gasteiger partial charge < -0.3 is 5.73 Å². The summed E-state index contributed by atoms with van der Waals surface area (Å²) in [5.74, 6) is -0.249. The smallest absolute Gasteiger partial charge is 0.214 e. The van der Waals surface area contributed by atoms with E-state index in [-0.39, 0.29) is 5.82 Å². The molecule has 3 rings (SSSR count). The lowest BCUT2D eigenvalue weighted by Crippen LogP contribution is -2.05. The Hall–Kier alpha value is -1.47. The van der Waals surface area contributed by atoms with Gasteiger partial charge in [0.2, 0.25) is 5.16 Å². The molecule has 0 saturated heterocycles. The quantitative estimate of drug-likeness (QED) is 0.903. The molecule has 1 heterocycles. The minimum absolute atomic E-state index is 0.249. The fourth-order valence-electron chi connectivity index (χ4n) is 1.91. The third-order valence-electron chi connectivity index (χ3n) is 3.01. The van der Waals surface area contributed by atoms with Gasteiger partial charge in [0.15, 0.2) is 0 Å². The van der Waals surface area contributed by atoms with E-state index in [1.807, 2.05) is 6.07 Å². The molecule has 1 fully saturated rings. The maximum atomic E-state index is 14.0. The molecular formula is C12H14FN5S. The van der Waals surface area contributed by atoms with Crippen molar-refractivity contribution >= 4 is 11.8 Å². The van der Waals surface area contributed by atoms with Crippen LogP contribution in [-0.4, -0.2) is 26.8 Å². The van der Waals surface area contributed by atoms with Gasteiger partial charge in [-0.1, -0.05) is 12.1 Å². The van der Waals surface area contributed by atoms with E-state index < -0.39 is 0 Å². The van der Waals surface area contributed by atoms with Crippen LogP contribution in [0.2, 0.25) is 0 Å². The van der Waals surface area contributed by atoms with Crippen molar-refractivity contribution in [2.45, 2.75) is 35.4 Å². The molecule has 0 unspecified atom stereocenters. The zero-order valence-corrected chi connectivity index (χ0v) is 11.1. The monoisotopic (exact) mass is 279 g/mol. The lowest BCUT2D eigenvalue weighted by molar-refractivity contribution is 0.563. The van der Waals surface area contributed by atoms with Crippen molar-refractivity contribution in [3.8, 4) is 0 Å². The first kappa shape index (κ1) is 12.6. The van der Waals surface area contributed by atoms with E-state index in [0.717, 1.165) is 18.4 Å². The summed E-state index contributed by atoms with van der Waals surface area (Å²) in [4.78, 5) is 0.574. The second kappa shape index (κ2) is 5.26. The van der Waals surface area contributed by atoms with Gasteiger partial charge in [-0.05, 0) is 59.6 Å². The first-order valence-electron chi connectivity index (χ1n) is 6.22. The summed E-state index contributed by atoms with van der Waals surface area (Å²) < 4.78 is 15.8. The van der Waals surface area contributed by atoms with Crippen LogP contribution >= 0.6 is 11.8 Å². The summed E-state index contributed by atoms with van der Waals surface area (Å²) in [5.41, 5.74) is 6.46. The van der Waals surface area contributed by atoms with Crippen LogP contribution in [0.4, 0.5) is 4.39 Å². The lowest BCUT2D eigenvalue weighted by Gasteiger charge is -2.09. The first-order chi connectivity index (χ1) is 9.29. The Morgan fingerprint density at radius 1 is 1.42 bits per heavy atom. The van der Waals surface area contributed by atoms with Gasteiger partial charge in [0.1, 0.15) is 5.82 Å². The number of hydrogen-bond acceptors (Lipinski definition) is 5. The summed E-state index contributed by atoms with van der Waals surface area (Å²) in [5, 5.41) is 12.3. The predicted molar refractivity (Wildman–Crippen MR) is 69.4 cm³/mol. The Kier molecular flexibility index (Phi) is 3.48. The average Bonchev–Trinajstić information content (AvgIpc) is 3.14. The van der Waals surface area contributed by atoms with Gasteiger partial charge in [-0.2, -0.15) is 0 Å². The van der Waals surface area contributed by atoms with E-state index in [2.05, 4.69) is 15.5 Å². The SMILES string of the molecule is NCCc1cccc(F)c1Sc1nnnn1C1CC1. The number of tetrazole rings is 1. The molecule has 1 aliphatic rings. The number of hydrogen-bond donors (Lipinski definition) is 1. The molecule has 0 atom stereocenters. The standard InChI is InChI=1S/C12H14FN5S/c13-10-3-1-2-8(6-7-14)11(10)19-12-15-16-17-18(12)9-4-5-9/h1-3,9H,4-7,14H2. The second-order valence-electron chi connectivity index (χ2n) is 4.51. The Bertz CT molecular complexity index is 581. The van der Waals surface area contributed by atoms with Gasteiger partial charge in [0, 0.05) is 0 Å². The Morgan fingerprint density at radius 3 is 3.00 bits per heavy atom. The highest BCUT2D eigenvalue weighted by Crippen LogP contribution is 2.39. The van der Waals surface area contributed by atoms with Gasteiger partial charge in [0.25, 0.3) is 0 Å². The Morgan fingerprint density at radius 2 is 2.26 bits per heavy atom. The summed E-state index contributed by atoms with van der Waals surface area (Å²) in [6.45, 7) is 0.491. The van der Waals surface area contributed by atoms with Gasteiger partial charge >= 0.3 is 0 Å². The average molecular weight is 279 g/mol. The molecule has 0 amide bonds. The minimum Gasteiger partial charge on any atom is -0.330 e. The second-order valence-corrected chi connectivity index (χ2v) is 5.48. The van der Waals surface area contributed by atoms with Gasteiger partial charge in [-0.25, -0.2) is 9.07 Å². The van der Waals surface area contributed by atoms with E-state index in [1.54, 1.807) is 10.7 Å².